The highest BCUT2D eigenvalue weighted by Gasteiger charge is 2.33. The molecule has 2 heterocycles. The van der Waals surface area contributed by atoms with Gasteiger partial charge in [-0.3, -0.25) is 4.57 Å². The average molecular weight is 266 g/mol. The van der Waals surface area contributed by atoms with E-state index in [-0.39, 0.29) is 11.2 Å². The van der Waals surface area contributed by atoms with Gasteiger partial charge in [0.2, 0.25) is 0 Å². The highest BCUT2D eigenvalue weighted by molar-refractivity contribution is 7.89. The van der Waals surface area contributed by atoms with E-state index in [1.165, 1.54) is 12.4 Å². The second-order valence-corrected chi connectivity index (χ2v) is 5.54. The standard InChI is InChI=1S/C9H10N6O2S/c10-18(16,17)9-14-13-8(15(9)7-1-2-7)6-3-4-11-12-5-6/h3-5,7H,1-2H2,(H2,10,16,17). The Bertz CT molecular complexity index is 676. The highest BCUT2D eigenvalue weighted by Crippen LogP contribution is 2.39. The first kappa shape index (κ1) is 11.2. The molecule has 2 aromatic rings. The molecule has 0 saturated heterocycles. The van der Waals surface area contributed by atoms with Gasteiger partial charge in [0.25, 0.3) is 15.2 Å². The first-order chi connectivity index (χ1) is 8.57. The molecule has 1 aliphatic carbocycles. The van der Waals surface area contributed by atoms with Crippen LogP contribution in [0.4, 0.5) is 0 Å². The Labute approximate surface area is 103 Å². The van der Waals surface area contributed by atoms with Gasteiger partial charge in [-0.25, -0.2) is 13.6 Å². The predicted octanol–water partition coefficient (Wildman–Crippen LogP) is -0.283. The number of nitrogens with zero attached hydrogens (tertiary/aromatic N) is 5. The SMILES string of the molecule is NS(=O)(=O)c1nnc(-c2ccnnc2)n1C1CC1. The molecular formula is C9H10N6O2S. The van der Waals surface area contributed by atoms with Crippen molar-refractivity contribution in [2.45, 2.75) is 24.0 Å². The van der Waals surface area contributed by atoms with E-state index in [9.17, 15) is 8.42 Å². The highest BCUT2D eigenvalue weighted by atomic mass is 32.2. The van der Waals surface area contributed by atoms with Crippen LogP contribution in [0.5, 0.6) is 0 Å². The quantitative estimate of drug-likeness (QED) is 0.816. The molecule has 3 rings (SSSR count). The van der Waals surface area contributed by atoms with E-state index in [0.717, 1.165) is 12.8 Å². The summed E-state index contributed by atoms with van der Waals surface area (Å²) in [5.41, 5.74) is 0.666. The van der Waals surface area contributed by atoms with Crippen LogP contribution >= 0.6 is 0 Å². The largest absolute Gasteiger partial charge is 0.294 e. The molecule has 0 unspecified atom stereocenters. The Morgan fingerprint density at radius 2 is 2.06 bits per heavy atom. The van der Waals surface area contributed by atoms with Crippen LogP contribution in [0.25, 0.3) is 11.4 Å². The number of aromatic nitrogens is 5. The predicted molar refractivity (Wildman–Crippen MR) is 60.7 cm³/mol. The number of nitrogens with two attached hydrogens (primary N) is 1. The van der Waals surface area contributed by atoms with E-state index in [1.807, 2.05) is 0 Å². The van der Waals surface area contributed by atoms with Crippen molar-refractivity contribution in [2.75, 3.05) is 0 Å². The van der Waals surface area contributed by atoms with Gasteiger partial charge < -0.3 is 0 Å². The summed E-state index contributed by atoms with van der Waals surface area (Å²) in [5, 5.41) is 19.9. The topological polar surface area (TPSA) is 117 Å². The molecule has 1 saturated carbocycles. The van der Waals surface area contributed by atoms with Gasteiger partial charge in [0, 0.05) is 11.6 Å². The molecule has 0 spiro atoms. The van der Waals surface area contributed by atoms with Crippen molar-refractivity contribution in [3.8, 4) is 11.4 Å². The zero-order valence-corrected chi connectivity index (χ0v) is 10.1. The molecule has 2 N–H and O–H groups in total. The summed E-state index contributed by atoms with van der Waals surface area (Å²) in [6, 6.07) is 1.79. The van der Waals surface area contributed by atoms with Crippen molar-refractivity contribution in [3.05, 3.63) is 18.5 Å². The average Bonchev–Trinajstić information content (AvgIpc) is 3.07. The fourth-order valence-corrected chi connectivity index (χ4v) is 2.42. The summed E-state index contributed by atoms with van der Waals surface area (Å²) in [4.78, 5) is 0. The van der Waals surface area contributed by atoms with E-state index in [1.54, 1.807) is 10.6 Å². The van der Waals surface area contributed by atoms with E-state index in [0.29, 0.717) is 11.4 Å². The van der Waals surface area contributed by atoms with Crippen LogP contribution in [-0.4, -0.2) is 33.4 Å². The molecular weight excluding hydrogens is 256 g/mol. The molecule has 2 aromatic heterocycles. The minimum Gasteiger partial charge on any atom is -0.294 e. The minimum absolute atomic E-state index is 0.0940. The lowest BCUT2D eigenvalue weighted by atomic mass is 10.3. The normalized spacial score (nSPS) is 15.8. The molecule has 0 bridgehead atoms. The van der Waals surface area contributed by atoms with Crippen molar-refractivity contribution >= 4 is 10.0 Å². The number of hydrogen-bond acceptors (Lipinski definition) is 6. The molecule has 9 heteroatoms. The van der Waals surface area contributed by atoms with E-state index < -0.39 is 10.0 Å². The summed E-state index contributed by atoms with van der Waals surface area (Å²) < 4.78 is 24.5. The molecule has 8 nitrogen and oxygen atoms in total. The molecule has 0 atom stereocenters. The molecule has 18 heavy (non-hydrogen) atoms. The van der Waals surface area contributed by atoms with Gasteiger partial charge >= 0.3 is 0 Å². The molecule has 0 amide bonds. The second-order valence-electron chi connectivity index (χ2n) is 4.08. The second kappa shape index (κ2) is 3.82. The van der Waals surface area contributed by atoms with Crippen molar-refractivity contribution in [3.63, 3.8) is 0 Å². The Morgan fingerprint density at radius 3 is 2.61 bits per heavy atom. The summed E-state index contributed by atoms with van der Waals surface area (Å²) in [6.45, 7) is 0. The third kappa shape index (κ3) is 1.87. The lowest BCUT2D eigenvalue weighted by Crippen LogP contribution is -2.18. The number of hydrogen-bond donors (Lipinski definition) is 1. The van der Waals surface area contributed by atoms with Crippen LogP contribution in [0.3, 0.4) is 0 Å². The lowest BCUT2D eigenvalue weighted by molar-refractivity contribution is 0.567. The Morgan fingerprint density at radius 1 is 1.28 bits per heavy atom. The van der Waals surface area contributed by atoms with Crippen molar-refractivity contribution < 1.29 is 8.42 Å². The summed E-state index contributed by atoms with van der Waals surface area (Å²) in [6.07, 6.45) is 4.81. The number of rotatable bonds is 3. The third-order valence-corrected chi connectivity index (χ3v) is 3.46. The maximum Gasteiger partial charge on any atom is 0.273 e. The van der Waals surface area contributed by atoms with E-state index in [2.05, 4.69) is 20.4 Å². The van der Waals surface area contributed by atoms with Gasteiger partial charge in [-0.15, -0.1) is 10.2 Å². The van der Waals surface area contributed by atoms with Gasteiger partial charge in [-0.1, -0.05) is 0 Å². The maximum atomic E-state index is 11.5. The van der Waals surface area contributed by atoms with Gasteiger partial charge in [-0.2, -0.15) is 10.2 Å². The van der Waals surface area contributed by atoms with Gasteiger partial charge in [0.05, 0.1) is 12.4 Å². The van der Waals surface area contributed by atoms with E-state index in [4.69, 9.17) is 5.14 Å². The molecule has 1 aliphatic rings. The summed E-state index contributed by atoms with van der Waals surface area (Å²) in [5.74, 6) is 0.455. The Hall–Kier alpha value is -1.87. The molecule has 1 fully saturated rings. The third-order valence-electron chi connectivity index (χ3n) is 2.67. The zero-order valence-electron chi connectivity index (χ0n) is 9.26. The fraction of sp³-hybridized carbons (Fsp3) is 0.333. The van der Waals surface area contributed by atoms with Gasteiger partial charge in [-0.05, 0) is 18.9 Å². The first-order valence-electron chi connectivity index (χ1n) is 5.32. The van der Waals surface area contributed by atoms with Crippen LogP contribution < -0.4 is 5.14 Å². The molecule has 94 valence electrons. The molecule has 0 aromatic carbocycles. The van der Waals surface area contributed by atoms with Crippen LogP contribution in [0.2, 0.25) is 0 Å². The van der Waals surface area contributed by atoms with E-state index >= 15 is 0 Å². The van der Waals surface area contributed by atoms with Crippen molar-refractivity contribution in [1.82, 2.24) is 25.0 Å². The van der Waals surface area contributed by atoms with Gasteiger partial charge in [0.15, 0.2) is 5.82 Å². The smallest absolute Gasteiger partial charge is 0.273 e. The van der Waals surface area contributed by atoms with Crippen LogP contribution in [0.15, 0.2) is 23.6 Å². The monoisotopic (exact) mass is 266 g/mol. The van der Waals surface area contributed by atoms with Crippen LogP contribution in [0, 0.1) is 0 Å². The number of primary sulfonamides is 1. The Balaban J connectivity index is 2.20. The fourth-order valence-electron chi connectivity index (χ4n) is 1.75. The maximum absolute atomic E-state index is 11.5. The zero-order chi connectivity index (χ0) is 12.8. The van der Waals surface area contributed by atoms with Crippen LogP contribution in [-0.2, 0) is 10.0 Å². The molecule has 0 radical (unpaired) electrons. The Kier molecular flexibility index (Phi) is 2.38. The first-order valence-corrected chi connectivity index (χ1v) is 6.87. The van der Waals surface area contributed by atoms with Crippen LogP contribution in [0.1, 0.15) is 18.9 Å². The van der Waals surface area contributed by atoms with Gasteiger partial charge in [0.1, 0.15) is 0 Å². The summed E-state index contributed by atoms with van der Waals surface area (Å²) >= 11 is 0. The lowest BCUT2D eigenvalue weighted by Gasteiger charge is -2.06. The van der Waals surface area contributed by atoms with Crippen molar-refractivity contribution in [2.24, 2.45) is 5.14 Å². The number of sulfonamides is 1. The minimum atomic E-state index is -3.87. The van der Waals surface area contributed by atoms with Crippen molar-refractivity contribution in [1.29, 1.82) is 0 Å². The molecule has 0 aliphatic heterocycles. The summed E-state index contributed by atoms with van der Waals surface area (Å²) in [7, 11) is -3.87.